The summed E-state index contributed by atoms with van der Waals surface area (Å²) in [5.74, 6) is 1.41. The minimum Gasteiger partial charge on any atom is -0.337 e. The van der Waals surface area contributed by atoms with Gasteiger partial charge in [-0.1, -0.05) is 17.8 Å². The van der Waals surface area contributed by atoms with Gasteiger partial charge < -0.3 is 9.47 Å². The number of nitrogens with zero attached hydrogens (tertiary/aromatic N) is 4. The van der Waals surface area contributed by atoms with Crippen molar-refractivity contribution >= 4 is 29.0 Å². The Kier molecular flexibility index (Phi) is 6.24. The van der Waals surface area contributed by atoms with E-state index in [1.807, 2.05) is 50.1 Å². The SMILES string of the molecule is CCn1c(SCC(=O)N(C(C)C)C(C)C)nnc1-c1cccs1. The highest BCUT2D eigenvalue weighted by atomic mass is 32.2. The minimum absolute atomic E-state index is 0.142. The summed E-state index contributed by atoms with van der Waals surface area (Å²) in [4.78, 5) is 15.5. The Bertz CT molecular complexity index is 627. The molecule has 0 aliphatic heterocycles. The molecule has 0 atom stereocenters. The molecular formula is C16H24N4OS2. The van der Waals surface area contributed by atoms with Gasteiger partial charge in [0.15, 0.2) is 11.0 Å². The van der Waals surface area contributed by atoms with Crippen LogP contribution in [0.1, 0.15) is 34.6 Å². The highest BCUT2D eigenvalue weighted by Crippen LogP contribution is 2.27. The molecule has 2 rings (SSSR count). The zero-order chi connectivity index (χ0) is 17.0. The second-order valence-electron chi connectivity index (χ2n) is 5.80. The van der Waals surface area contributed by atoms with Crippen LogP contribution in [0.4, 0.5) is 0 Å². The first-order chi connectivity index (χ1) is 11.0. The third kappa shape index (κ3) is 4.14. The van der Waals surface area contributed by atoms with Gasteiger partial charge in [-0.15, -0.1) is 21.5 Å². The molecule has 2 heterocycles. The zero-order valence-electron chi connectivity index (χ0n) is 14.3. The van der Waals surface area contributed by atoms with Crippen LogP contribution in [0.2, 0.25) is 0 Å². The molecule has 1 amide bonds. The predicted molar refractivity (Wildman–Crippen MR) is 96.9 cm³/mol. The molecule has 2 aromatic heterocycles. The monoisotopic (exact) mass is 352 g/mol. The van der Waals surface area contributed by atoms with Crippen molar-refractivity contribution in [2.24, 2.45) is 0 Å². The van der Waals surface area contributed by atoms with E-state index in [0.717, 1.165) is 22.4 Å². The summed E-state index contributed by atoms with van der Waals surface area (Å²) in [5.41, 5.74) is 0. The van der Waals surface area contributed by atoms with Gasteiger partial charge in [0, 0.05) is 18.6 Å². The molecule has 2 aromatic rings. The third-order valence-corrected chi connectivity index (χ3v) is 5.32. The van der Waals surface area contributed by atoms with Gasteiger partial charge in [0.2, 0.25) is 5.91 Å². The van der Waals surface area contributed by atoms with Gasteiger partial charge in [0.1, 0.15) is 0 Å². The van der Waals surface area contributed by atoms with E-state index >= 15 is 0 Å². The summed E-state index contributed by atoms with van der Waals surface area (Å²) in [6, 6.07) is 4.45. The van der Waals surface area contributed by atoms with E-state index in [1.54, 1.807) is 11.3 Å². The molecule has 0 aliphatic rings. The number of thioether (sulfide) groups is 1. The van der Waals surface area contributed by atoms with E-state index in [0.29, 0.717) is 5.75 Å². The Balaban J connectivity index is 2.11. The van der Waals surface area contributed by atoms with Crippen LogP contribution < -0.4 is 0 Å². The normalized spacial score (nSPS) is 11.4. The second-order valence-corrected chi connectivity index (χ2v) is 7.70. The first-order valence-electron chi connectivity index (χ1n) is 7.86. The van der Waals surface area contributed by atoms with Gasteiger partial charge in [0.25, 0.3) is 0 Å². The summed E-state index contributed by atoms with van der Waals surface area (Å²) in [6.07, 6.45) is 0. The first-order valence-corrected chi connectivity index (χ1v) is 9.73. The van der Waals surface area contributed by atoms with Gasteiger partial charge in [-0.05, 0) is 46.1 Å². The number of hydrogen-bond donors (Lipinski definition) is 0. The largest absolute Gasteiger partial charge is 0.337 e. The molecule has 0 aromatic carbocycles. The molecule has 126 valence electrons. The van der Waals surface area contributed by atoms with Gasteiger partial charge in [-0.2, -0.15) is 0 Å². The van der Waals surface area contributed by atoms with Crippen molar-refractivity contribution in [1.82, 2.24) is 19.7 Å². The van der Waals surface area contributed by atoms with E-state index in [9.17, 15) is 4.79 Å². The highest BCUT2D eigenvalue weighted by Gasteiger charge is 2.21. The number of carbonyl (C=O) groups is 1. The average Bonchev–Trinajstić information content (AvgIpc) is 3.12. The van der Waals surface area contributed by atoms with Crippen LogP contribution in [0.15, 0.2) is 22.7 Å². The number of carbonyl (C=O) groups excluding carboxylic acids is 1. The molecule has 23 heavy (non-hydrogen) atoms. The van der Waals surface area contributed by atoms with Crippen LogP contribution in [0.3, 0.4) is 0 Å². The lowest BCUT2D eigenvalue weighted by Gasteiger charge is -2.30. The van der Waals surface area contributed by atoms with E-state index in [4.69, 9.17) is 0 Å². The lowest BCUT2D eigenvalue weighted by atomic mass is 10.2. The molecule has 0 unspecified atom stereocenters. The smallest absolute Gasteiger partial charge is 0.233 e. The van der Waals surface area contributed by atoms with E-state index < -0.39 is 0 Å². The number of hydrogen-bond acceptors (Lipinski definition) is 5. The number of thiophene rings is 1. The molecule has 0 aliphatic carbocycles. The van der Waals surface area contributed by atoms with E-state index in [1.165, 1.54) is 11.8 Å². The average molecular weight is 353 g/mol. The summed E-state index contributed by atoms with van der Waals surface area (Å²) < 4.78 is 2.07. The fraction of sp³-hybridized carbons (Fsp3) is 0.562. The molecule has 0 saturated carbocycles. The Morgan fingerprint density at radius 1 is 1.30 bits per heavy atom. The van der Waals surface area contributed by atoms with Crippen molar-refractivity contribution in [2.75, 3.05) is 5.75 Å². The first kappa shape index (κ1) is 18.0. The summed E-state index contributed by atoms with van der Waals surface area (Å²) in [6.45, 7) is 11.0. The summed E-state index contributed by atoms with van der Waals surface area (Å²) in [7, 11) is 0. The maximum atomic E-state index is 12.5. The molecule has 0 radical (unpaired) electrons. The molecule has 0 spiro atoms. The van der Waals surface area contributed by atoms with Crippen molar-refractivity contribution in [2.45, 2.75) is 58.4 Å². The maximum Gasteiger partial charge on any atom is 0.233 e. The minimum atomic E-state index is 0.142. The van der Waals surface area contributed by atoms with Crippen LogP contribution >= 0.6 is 23.1 Å². The number of aromatic nitrogens is 3. The lowest BCUT2D eigenvalue weighted by molar-refractivity contribution is -0.131. The molecular weight excluding hydrogens is 328 g/mol. The molecule has 0 saturated heterocycles. The lowest BCUT2D eigenvalue weighted by Crippen LogP contribution is -2.43. The second kappa shape index (κ2) is 7.97. The van der Waals surface area contributed by atoms with Crippen LogP contribution in [0.5, 0.6) is 0 Å². The van der Waals surface area contributed by atoms with Crippen molar-refractivity contribution in [3.63, 3.8) is 0 Å². The van der Waals surface area contributed by atoms with E-state index in [-0.39, 0.29) is 18.0 Å². The van der Waals surface area contributed by atoms with E-state index in [2.05, 4.69) is 21.7 Å². The molecule has 5 nitrogen and oxygen atoms in total. The van der Waals surface area contributed by atoms with Crippen LogP contribution in [0, 0.1) is 0 Å². The Hall–Kier alpha value is -1.34. The highest BCUT2D eigenvalue weighted by molar-refractivity contribution is 7.99. The van der Waals surface area contributed by atoms with Crippen LogP contribution in [-0.4, -0.2) is 43.4 Å². The Labute approximate surface area is 146 Å². The molecule has 0 N–H and O–H groups in total. The summed E-state index contributed by atoms with van der Waals surface area (Å²) >= 11 is 3.11. The molecule has 0 fully saturated rings. The Morgan fingerprint density at radius 2 is 2.00 bits per heavy atom. The van der Waals surface area contributed by atoms with Crippen molar-refractivity contribution in [1.29, 1.82) is 0 Å². The molecule has 0 bridgehead atoms. The predicted octanol–water partition coefficient (Wildman–Crippen LogP) is 3.76. The maximum absolute atomic E-state index is 12.5. The van der Waals surface area contributed by atoms with Crippen molar-refractivity contribution < 1.29 is 4.79 Å². The molecule has 7 heteroatoms. The topological polar surface area (TPSA) is 51.0 Å². The Morgan fingerprint density at radius 3 is 2.52 bits per heavy atom. The van der Waals surface area contributed by atoms with Gasteiger partial charge in [0.05, 0.1) is 10.6 Å². The van der Waals surface area contributed by atoms with Gasteiger partial charge in [-0.25, -0.2) is 0 Å². The number of rotatable bonds is 7. The fourth-order valence-electron chi connectivity index (χ4n) is 2.64. The van der Waals surface area contributed by atoms with Gasteiger partial charge >= 0.3 is 0 Å². The zero-order valence-corrected chi connectivity index (χ0v) is 15.9. The number of amides is 1. The quantitative estimate of drug-likeness (QED) is 0.712. The fourth-order valence-corrected chi connectivity index (χ4v) is 4.23. The standard InChI is InChI=1S/C16H24N4OS2/c1-6-19-15(13-8-7-9-22-13)17-18-16(19)23-10-14(21)20(11(2)3)12(4)5/h7-9,11-12H,6,10H2,1-5H3. The van der Waals surface area contributed by atoms with Crippen LogP contribution in [0.25, 0.3) is 10.7 Å². The van der Waals surface area contributed by atoms with Gasteiger partial charge in [-0.3, -0.25) is 4.79 Å². The summed E-state index contributed by atoms with van der Waals surface area (Å²) in [5, 5.41) is 11.4. The third-order valence-electron chi connectivity index (χ3n) is 3.50. The van der Waals surface area contributed by atoms with Crippen molar-refractivity contribution in [3.8, 4) is 10.7 Å². The van der Waals surface area contributed by atoms with Crippen LogP contribution in [-0.2, 0) is 11.3 Å². The van der Waals surface area contributed by atoms with Crippen molar-refractivity contribution in [3.05, 3.63) is 17.5 Å².